The van der Waals surface area contributed by atoms with Crippen molar-refractivity contribution in [3.63, 3.8) is 0 Å². The second-order valence-corrected chi connectivity index (χ2v) is 9.30. The average Bonchev–Trinajstić information content (AvgIpc) is 3.19. The van der Waals surface area contributed by atoms with Gasteiger partial charge in [0, 0.05) is 22.4 Å². The van der Waals surface area contributed by atoms with Crippen LogP contribution in [0.1, 0.15) is 12.8 Å². The van der Waals surface area contributed by atoms with Gasteiger partial charge >= 0.3 is 0 Å². The van der Waals surface area contributed by atoms with Crippen LogP contribution < -0.4 is 10.9 Å². The number of aromatic amines is 2. The smallest absolute Gasteiger partial charge is 0.261 e. The van der Waals surface area contributed by atoms with Crippen molar-refractivity contribution in [2.24, 2.45) is 5.92 Å². The minimum absolute atomic E-state index is 0. The number of para-hydroxylation sites is 2. The number of pyridine rings is 1. The molecule has 0 aliphatic carbocycles. The molecule has 3 aliphatic heterocycles. The van der Waals surface area contributed by atoms with Gasteiger partial charge in [-0.2, -0.15) is 0 Å². The zero-order valence-electron chi connectivity index (χ0n) is 17.2. The molecule has 5 heterocycles. The van der Waals surface area contributed by atoms with Crippen molar-refractivity contribution in [2.45, 2.75) is 18.9 Å². The minimum Gasteiger partial charge on any atom is -0.379 e. The summed E-state index contributed by atoms with van der Waals surface area (Å²) in [4.78, 5) is 26.9. The number of anilines is 1. The van der Waals surface area contributed by atoms with E-state index in [2.05, 4.69) is 42.2 Å². The molecular formula is C23H24BrCl2N5O. The molecular weight excluding hydrogens is 513 g/mol. The lowest BCUT2D eigenvalue weighted by atomic mass is 9.83. The highest BCUT2D eigenvalue weighted by Gasteiger charge is 2.35. The molecule has 3 aliphatic rings. The maximum atomic E-state index is 13.2. The van der Waals surface area contributed by atoms with Gasteiger partial charge < -0.3 is 20.2 Å². The third-order valence-electron chi connectivity index (χ3n) is 6.59. The second-order valence-electron chi connectivity index (χ2n) is 8.39. The van der Waals surface area contributed by atoms with Crippen LogP contribution in [0.4, 0.5) is 5.69 Å². The van der Waals surface area contributed by atoms with Crippen molar-refractivity contribution in [1.29, 1.82) is 0 Å². The fraction of sp³-hybridized carbons (Fsp3) is 0.304. The molecule has 9 heteroatoms. The molecule has 2 aromatic carbocycles. The molecule has 3 saturated heterocycles. The van der Waals surface area contributed by atoms with E-state index >= 15 is 0 Å². The number of rotatable bonds is 3. The maximum Gasteiger partial charge on any atom is 0.261 e. The van der Waals surface area contributed by atoms with Gasteiger partial charge in [0.05, 0.1) is 22.2 Å². The van der Waals surface area contributed by atoms with E-state index in [1.807, 2.05) is 36.4 Å². The topological polar surface area (TPSA) is 76.8 Å². The molecule has 7 rings (SSSR count). The molecule has 0 radical (unpaired) electrons. The number of hydrogen-bond donors (Lipinski definition) is 3. The highest BCUT2D eigenvalue weighted by atomic mass is 79.9. The molecule has 1 atom stereocenters. The maximum absolute atomic E-state index is 13.2. The molecule has 6 nitrogen and oxygen atoms in total. The Hall–Kier alpha value is -2.06. The first-order valence-corrected chi connectivity index (χ1v) is 11.2. The van der Waals surface area contributed by atoms with Crippen molar-refractivity contribution in [1.82, 2.24) is 19.9 Å². The number of nitrogens with one attached hydrogen (secondary N) is 3. The van der Waals surface area contributed by atoms with Crippen LogP contribution in [0.2, 0.25) is 0 Å². The lowest BCUT2D eigenvalue weighted by Gasteiger charge is -2.45. The first-order valence-electron chi connectivity index (χ1n) is 10.5. The summed E-state index contributed by atoms with van der Waals surface area (Å²) < 4.78 is 0.981. The van der Waals surface area contributed by atoms with Crippen LogP contribution in [0.25, 0.3) is 33.3 Å². The molecule has 32 heavy (non-hydrogen) atoms. The van der Waals surface area contributed by atoms with E-state index in [9.17, 15) is 4.79 Å². The predicted molar refractivity (Wildman–Crippen MR) is 138 cm³/mol. The van der Waals surface area contributed by atoms with Gasteiger partial charge in [-0.3, -0.25) is 4.79 Å². The summed E-state index contributed by atoms with van der Waals surface area (Å²) in [6.07, 6.45) is 2.42. The number of H-pyrrole nitrogens is 2. The van der Waals surface area contributed by atoms with Crippen LogP contribution in [-0.2, 0) is 0 Å². The molecule has 0 unspecified atom stereocenters. The zero-order chi connectivity index (χ0) is 20.2. The molecule has 168 valence electrons. The SMILES string of the molecule is Cl.Cl.O=c1[nH]c2ccc(Br)cc2c(N[C@@H]2CN3CCC2CC3)c1-c1nc2ccccc2[nH]1. The number of halogens is 3. The number of nitrogens with zero attached hydrogens (tertiary/aromatic N) is 2. The first kappa shape index (κ1) is 23.1. The van der Waals surface area contributed by atoms with Crippen molar-refractivity contribution in [3.05, 3.63) is 57.3 Å². The zero-order valence-corrected chi connectivity index (χ0v) is 20.4. The number of fused-ring (bicyclic) bond motifs is 5. The Balaban J connectivity index is 0.00000122. The summed E-state index contributed by atoms with van der Waals surface area (Å²) in [5, 5.41) is 4.79. The molecule has 4 aromatic rings. The normalized spacial score (nSPS) is 21.8. The van der Waals surface area contributed by atoms with E-state index < -0.39 is 0 Å². The van der Waals surface area contributed by atoms with E-state index in [-0.39, 0.29) is 30.4 Å². The summed E-state index contributed by atoms with van der Waals surface area (Å²) in [6.45, 7) is 3.38. The van der Waals surface area contributed by atoms with Crippen LogP contribution in [0.15, 0.2) is 51.7 Å². The predicted octanol–water partition coefficient (Wildman–Crippen LogP) is 5.18. The highest BCUT2D eigenvalue weighted by molar-refractivity contribution is 9.10. The van der Waals surface area contributed by atoms with Crippen molar-refractivity contribution < 1.29 is 0 Å². The van der Waals surface area contributed by atoms with Crippen LogP contribution >= 0.6 is 40.7 Å². The van der Waals surface area contributed by atoms with Gasteiger partial charge in [-0.1, -0.05) is 28.1 Å². The van der Waals surface area contributed by atoms with Gasteiger partial charge in [-0.05, 0) is 62.2 Å². The fourth-order valence-electron chi connectivity index (χ4n) is 5.03. The summed E-state index contributed by atoms with van der Waals surface area (Å²) >= 11 is 3.60. The quantitative estimate of drug-likeness (QED) is 0.337. The van der Waals surface area contributed by atoms with Crippen molar-refractivity contribution in [2.75, 3.05) is 25.0 Å². The Morgan fingerprint density at radius 2 is 1.81 bits per heavy atom. The van der Waals surface area contributed by atoms with Gasteiger partial charge in [-0.25, -0.2) is 4.98 Å². The van der Waals surface area contributed by atoms with E-state index in [1.165, 1.54) is 25.9 Å². The largest absolute Gasteiger partial charge is 0.379 e. The van der Waals surface area contributed by atoms with E-state index in [0.29, 0.717) is 23.3 Å². The molecule has 0 amide bonds. The van der Waals surface area contributed by atoms with Crippen molar-refractivity contribution in [3.8, 4) is 11.4 Å². The fourth-order valence-corrected chi connectivity index (χ4v) is 5.39. The number of piperidine rings is 3. The standard InChI is InChI=1S/C23H22BrN5O.2ClH/c24-14-5-6-16-15(11-14)21(25-19-12-29-9-7-13(19)8-10-29)20(23(30)28-16)22-26-17-3-1-2-4-18(17)27-22;;/h1-6,11,13,19H,7-10,12H2,(H,26,27)(H2,25,28,30);2*1H/t19-;;/m1../s1. The van der Waals surface area contributed by atoms with E-state index in [1.54, 1.807) is 0 Å². The third-order valence-corrected chi connectivity index (χ3v) is 7.08. The van der Waals surface area contributed by atoms with Crippen LogP contribution in [-0.4, -0.2) is 45.5 Å². The van der Waals surface area contributed by atoms with Gasteiger partial charge in [0.2, 0.25) is 0 Å². The highest BCUT2D eigenvalue weighted by Crippen LogP contribution is 2.36. The van der Waals surface area contributed by atoms with Gasteiger partial charge in [0.1, 0.15) is 11.4 Å². The molecule has 2 bridgehead atoms. The van der Waals surface area contributed by atoms with E-state index in [0.717, 1.165) is 38.6 Å². The first-order chi connectivity index (χ1) is 14.7. The second kappa shape index (κ2) is 9.06. The summed E-state index contributed by atoms with van der Waals surface area (Å²) in [5.41, 5.74) is 3.92. The molecule has 3 N–H and O–H groups in total. The summed E-state index contributed by atoms with van der Waals surface area (Å²) in [6, 6.07) is 14.2. The summed E-state index contributed by atoms with van der Waals surface area (Å²) in [7, 11) is 0. The minimum atomic E-state index is -0.132. The number of aromatic nitrogens is 3. The monoisotopic (exact) mass is 535 g/mol. The lowest BCUT2D eigenvalue weighted by molar-refractivity contribution is 0.0976. The van der Waals surface area contributed by atoms with Crippen LogP contribution in [0, 0.1) is 5.92 Å². The molecule has 0 spiro atoms. The number of benzene rings is 2. The van der Waals surface area contributed by atoms with Crippen LogP contribution in [0.5, 0.6) is 0 Å². The Labute approximate surface area is 206 Å². The summed E-state index contributed by atoms with van der Waals surface area (Å²) in [5.74, 6) is 1.24. The Morgan fingerprint density at radius 1 is 1.03 bits per heavy atom. The molecule has 3 fully saturated rings. The van der Waals surface area contributed by atoms with E-state index in [4.69, 9.17) is 4.98 Å². The molecule has 0 saturated carbocycles. The van der Waals surface area contributed by atoms with Gasteiger partial charge in [0.25, 0.3) is 5.56 Å². The lowest BCUT2D eigenvalue weighted by Crippen LogP contribution is -2.53. The van der Waals surface area contributed by atoms with Gasteiger partial charge in [-0.15, -0.1) is 24.8 Å². The Bertz CT molecular complexity index is 1300. The van der Waals surface area contributed by atoms with Crippen molar-refractivity contribution >= 4 is 68.4 Å². The average molecular weight is 537 g/mol. The number of imidazole rings is 1. The Kier molecular flexibility index (Phi) is 6.54. The van der Waals surface area contributed by atoms with Crippen LogP contribution in [0.3, 0.4) is 0 Å². The number of hydrogen-bond acceptors (Lipinski definition) is 4. The molecule has 2 aromatic heterocycles. The Morgan fingerprint density at radius 3 is 2.53 bits per heavy atom. The third kappa shape index (κ3) is 3.92. The van der Waals surface area contributed by atoms with Gasteiger partial charge in [0.15, 0.2) is 0 Å².